The Morgan fingerprint density at radius 3 is 2.52 bits per heavy atom. The highest BCUT2D eigenvalue weighted by atomic mass is 16.3. The summed E-state index contributed by atoms with van der Waals surface area (Å²) in [6, 6.07) is -0.291. The maximum Gasteiger partial charge on any atom is 0.319 e. The molecule has 0 bridgehead atoms. The van der Waals surface area contributed by atoms with Gasteiger partial charge in [-0.1, -0.05) is 27.2 Å². The minimum atomic E-state index is -0.292. The van der Waals surface area contributed by atoms with Crippen LogP contribution in [-0.2, 0) is 5.41 Å². The Labute approximate surface area is 125 Å². The second-order valence-electron chi connectivity index (χ2n) is 6.64. The first-order chi connectivity index (χ1) is 9.86. The second kappa shape index (κ2) is 6.39. The van der Waals surface area contributed by atoms with Gasteiger partial charge in [0.05, 0.1) is 24.2 Å². The van der Waals surface area contributed by atoms with Crippen LogP contribution in [0.25, 0.3) is 0 Å². The van der Waals surface area contributed by atoms with E-state index in [1.165, 1.54) is 0 Å². The monoisotopic (exact) mass is 292 g/mol. The smallest absolute Gasteiger partial charge is 0.319 e. The predicted molar refractivity (Wildman–Crippen MR) is 81.1 cm³/mol. The first kappa shape index (κ1) is 15.7. The number of aromatic nitrogens is 2. The summed E-state index contributed by atoms with van der Waals surface area (Å²) in [5.41, 5.74) is 0.451. The summed E-state index contributed by atoms with van der Waals surface area (Å²) in [6.45, 7) is 6.60. The third-order valence-corrected chi connectivity index (χ3v) is 3.72. The van der Waals surface area contributed by atoms with Crippen LogP contribution >= 0.6 is 0 Å². The molecule has 1 saturated carbocycles. The molecule has 21 heavy (non-hydrogen) atoms. The van der Waals surface area contributed by atoms with Gasteiger partial charge in [0, 0.05) is 17.9 Å². The molecule has 1 aromatic heterocycles. The first-order valence-electron chi connectivity index (χ1n) is 7.41. The van der Waals surface area contributed by atoms with E-state index >= 15 is 0 Å². The van der Waals surface area contributed by atoms with Gasteiger partial charge in [-0.3, -0.25) is 0 Å². The number of nitrogens with one attached hydrogen (secondary N) is 2. The van der Waals surface area contributed by atoms with Crippen LogP contribution in [0.2, 0.25) is 0 Å². The minimum Gasteiger partial charge on any atom is -0.393 e. The van der Waals surface area contributed by atoms with Gasteiger partial charge in [0.25, 0.3) is 0 Å². The average Bonchev–Trinajstić information content (AvgIpc) is 2.81. The lowest BCUT2D eigenvalue weighted by molar-refractivity contribution is 0.133. The van der Waals surface area contributed by atoms with Crippen LogP contribution in [-0.4, -0.2) is 33.8 Å². The Balaban J connectivity index is 1.82. The highest BCUT2D eigenvalue weighted by Gasteiger charge is 2.25. The Morgan fingerprint density at radius 2 is 2.00 bits per heavy atom. The number of hydrogen-bond donors (Lipinski definition) is 3. The molecule has 6 heteroatoms. The summed E-state index contributed by atoms with van der Waals surface area (Å²) in [7, 11) is 0. The van der Waals surface area contributed by atoms with E-state index in [0.717, 1.165) is 25.1 Å². The highest BCUT2D eigenvalue weighted by molar-refractivity contribution is 5.88. The third kappa shape index (κ3) is 4.39. The van der Waals surface area contributed by atoms with Gasteiger partial charge in [-0.05, 0) is 12.8 Å². The number of carbonyl (C=O) groups is 1. The first-order valence-corrected chi connectivity index (χ1v) is 7.41. The van der Waals surface area contributed by atoms with E-state index in [-0.39, 0.29) is 23.5 Å². The van der Waals surface area contributed by atoms with Gasteiger partial charge >= 0.3 is 6.03 Å². The van der Waals surface area contributed by atoms with Crippen molar-refractivity contribution in [3.8, 4) is 0 Å². The van der Waals surface area contributed by atoms with Gasteiger partial charge in [0.1, 0.15) is 5.82 Å². The standard InChI is InChI=1S/C15H24N4O2/c1-15(2,3)13-16-8-11(9-17-13)19-14(21)18-7-10-5-4-6-12(10)20/h8-10,12,20H,4-7H2,1-3H3,(H2,18,19,21). The lowest BCUT2D eigenvalue weighted by Crippen LogP contribution is -2.35. The molecule has 0 aliphatic heterocycles. The maximum atomic E-state index is 11.8. The van der Waals surface area contributed by atoms with E-state index in [2.05, 4.69) is 20.6 Å². The molecule has 1 aliphatic carbocycles. The topological polar surface area (TPSA) is 87.1 Å². The number of aliphatic hydroxyl groups excluding tert-OH is 1. The van der Waals surface area contributed by atoms with Crippen molar-refractivity contribution in [1.29, 1.82) is 0 Å². The Kier molecular flexibility index (Phi) is 4.77. The zero-order valence-corrected chi connectivity index (χ0v) is 12.9. The van der Waals surface area contributed by atoms with Crippen LogP contribution in [0.4, 0.5) is 10.5 Å². The number of hydrogen-bond acceptors (Lipinski definition) is 4. The Hall–Kier alpha value is -1.69. The molecule has 0 spiro atoms. The van der Waals surface area contributed by atoms with Crippen LogP contribution in [0.15, 0.2) is 12.4 Å². The summed E-state index contributed by atoms with van der Waals surface area (Å²) in [6.07, 6.45) is 5.74. The average molecular weight is 292 g/mol. The SMILES string of the molecule is CC(C)(C)c1ncc(NC(=O)NCC2CCCC2O)cn1. The van der Waals surface area contributed by atoms with Gasteiger partial charge in [-0.25, -0.2) is 14.8 Å². The molecule has 1 aliphatic rings. The van der Waals surface area contributed by atoms with Crippen LogP contribution < -0.4 is 10.6 Å². The molecule has 116 valence electrons. The van der Waals surface area contributed by atoms with Crippen molar-refractivity contribution < 1.29 is 9.90 Å². The summed E-state index contributed by atoms with van der Waals surface area (Å²) < 4.78 is 0. The van der Waals surface area contributed by atoms with Crippen molar-refractivity contribution in [2.24, 2.45) is 5.92 Å². The van der Waals surface area contributed by atoms with Gasteiger partial charge in [0.2, 0.25) is 0 Å². The summed E-state index contributed by atoms with van der Waals surface area (Å²) in [4.78, 5) is 20.3. The van der Waals surface area contributed by atoms with Crippen LogP contribution in [0, 0.1) is 5.92 Å². The van der Waals surface area contributed by atoms with Gasteiger partial charge in [0.15, 0.2) is 0 Å². The molecule has 2 atom stereocenters. The number of aliphatic hydroxyl groups is 1. The van der Waals surface area contributed by atoms with Crippen LogP contribution in [0.3, 0.4) is 0 Å². The third-order valence-electron chi connectivity index (χ3n) is 3.72. The molecule has 0 saturated heterocycles. The molecule has 2 amide bonds. The van der Waals surface area contributed by atoms with Gasteiger partial charge < -0.3 is 15.7 Å². The molecule has 6 nitrogen and oxygen atoms in total. The van der Waals surface area contributed by atoms with Crippen molar-refractivity contribution in [3.05, 3.63) is 18.2 Å². The van der Waals surface area contributed by atoms with Crippen molar-refractivity contribution in [2.45, 2.75) is 51.6 Å². The van der Waals surface area contributed by atoms with E-state index in [9.17, 15) is 9.90 Å². The molecular formula is C15H24N4O2. The van der Waals surface area contributed by atoms with Crippen LogP contribution in [0.1, 0.15) is 45.9 Å². The number of amides is 2. The van der Waals surface area contributed by atoms with Crippen molar-refractivity contribution >= 4 is 11.7 Å². The van der Waals surface area contributed by atoms with Crippen molar-refractivity contribution in [1.82, 2.24) is 15.3 Å². The van der Waals surface area contributed by atoms with Gasteiger partial charge in [-0.15, -0.1) is 0 Å². The van der Waals surface area contributed by atoms with E-state index < -0.39 is 0 Å². The van der Waals surface area contributed by atoms with E-state index in [4.69, 9.17) is 0 Å². The second-order valence-corrected chi connectivity index (χ2v) is 6.64. The molecule has 1 heterocycles. The lowest BCUT2D eigenvalue weighted by Gasteiger charge is -2.17. The van der Waals surface area contributed by atoms with Crippen molar-refractivity contribution in [3.63, 3.8) is 0 Å². The fourth-order valence-electron chi connectivity index (χ4n) is 2.43. The fourth-order valence-corrected chi connectivity index (χ4v) is 2.43. The molecule has 0 aromatic carbocycles. The Bertz CT molecular complexity index is 481. The molecule has 3 N–H and O–H groups in total. The number of urea groups is 1. The van der Waals surface area contributed by atoms with Crippen molar-refractivity contribution in [2.75, 3.05) is 11.9 Å². The molecular weight excluding hydrogens is 268 g/mol. The van der Waals surface area contributed by atoms with Gasteiger partial charge in [-0.2, -0.15) is 0 Å². The fraction of sp³-hybridized carbons (Fsp3) is 0.667. The zero-order valence-electron chi connectivity index (χ0n) is 12.9. The van der Waals surface area contributed by atoms with Crippen LogP contribution in [0.5, 0.6) is 0 Å². The van der Waals surface area contributed by atoms with E-state index in [1.54, 1.807) is 12.4 Å². The molecule has 0 radical (unpaired) electrons. The number of rotatable bonds is 3. The molecule has 1 aromatic rings. The molecule has 2 unspecified atom stereocenters. The Morgan fingerprint density at radius 1 is 1.33 bits per heavy atom. The summed E-state index contributed by atoms with van der Waals surface area (Å²) >= 11 is 0. The summed E-state index contributed by atoms with van der Waals surface area (Å²) in [5.74, 6) is 0.901. The molecule has 1 fully saturated rings. The predicted octanol–water partition coefficient (Wildman–Crippen LogP) is 2.06. The molecule has 2 rings (SSSR count). The minimum absolute atomic E-state index is 0.112. The quantitative estimate of drug-likeness (QED) is 0.795. The van der Waals surface area contributed by atoms with E-state index in [0.29, 0.717) is 12.2 Å². The lowest BCUT2D eigenvalue weighted by atomic mass is 9.96. The highest BCUT2D eigenvalue weighted by Crippen LogP contribution is 2.24. The number of nitrogens with zero attached hydrogens (tertiary/aromatic N) is 2. The number of carbonyl (C=O) groups excluding carboxylic acids is 1. The number of anilines is 1. The zero-order chi connectivity index (χ0) is 15.5. The maximum absolute atomic E-state index is 11.8. The largest absolute Gasteiger partial charge is 0.393 e. The normalized spacial score (nSPS) is 22.1. The van der Waals surface area contributed by atoms with E-state index in [1.807, 2.05) is 20.8 Å². The summed E-state index contributed by atoms with van der Waals surface area (Å²) in [5, 5.41) is 15.2.